The molecule has 1 saturated carbocycles. The Morgan fingerprint density at radius 2 is 2.07 bits per heavy atom. The lowest BCUT2D eigenvalue weighted by Gasteiger charge is -2.22. The van der Waals surface area contributed by atoms with E-state index in [9.17, 15) is 9.18 Å². The van der Waals surface area contributed by atoms with Crippen molar-refractivity contribution >= 4 is 35.8 Å². The van der Waals surface area contributed by atoms with E-state index in [1.54, 1.807) is 12.1 Å². The van der Waals surface area contributed by atoms with Gasteiger partial charge in [-0.3, -0.25) is 9.79 Å². The molecule has 0 bridgehead atoms. The van der Waals surface area contributed by atoms with E-state index in [-0.39, 0.29) is 29.5 Å². The van der Waals surface area contributed by atoms with Crippen LogP contribution in [0.4, 0.5) is 4.39 Å². The van der Waals surface area contributed by atoms with E-state index in [1.807, 2.05) is 18.9 Å². The lowest BCUT2D eigenvalue weighted by atomic mass is 10.2. The van der Waals surface area contributed by atoms with Crippen molar-refractivity contribution in [2.24, 2.45) is 10.9 Å². The van der Waals surface area contributed by atoms with Crippen LogP contribution in [0.1, 0.15) is 30.1 Å². The maximum Gasteiger partial charge on any atom is 0.254 e. The van der Waals surface area contributed by atoms with Gasteiger partial charge in [0.15, 0.2) is 5.96 Å². The SMILES string of the molecule is CCNC(=NCCNC(=O)c1ccccc1F)N(C)CCOCC1CC1.I. The lowest BCUT2D eigenvalue weighted by molar-refractivity contribution is 0.0951. The molecule has 1 fully saturated rings. The molecule has 0 spiro atoms. The summed E-state index contributed by atoms with van der Waals surface area (Å²) in [6.07, 6.45) is 2.58. The van der Waals surface area contributed by atoms with Gasteiger partial charge in [0.05, 0.1) is 18.7 Å². The summed E-state index contributed by atoms with van der Waals surface area (Å²) in [4.78, 5) is 18.5. The van der Waals surface area contributed by atoms with Crippen LogP contribution in [0.2, 0.25) is 0 Å². The van der Waals surface area contributed by atoms with Gasteiger partial charge in [0, 0.05) is 33.3 Å². The molecule has 0 atom stereocenters. The Bertz CT molecular complexity index is 611. The molecule has 1 amide bonds. The fourth-order valence-electron chi connectivity index (χ4n) is 2.38. The number of hydrogen-bond acceptors (Lipinski definition) is 3. The van der Waals surface area contributed by atoms with Gasteiger partial charge in [-0.1, -0.05) is 12.1 Å². The maximum atomic E-state index is 13.6. The second kappa shape index (κ2) is 12.9. The van der Waals surface area contributed by atoms with Crippen molar-refractivity contribution in [1.29, 1.82) is 0 Å². The molecular weight excluding hydrogens is 462 g/mol. The number of ether oxygens (including phenoxy) is 1. The molecular formula is C19H30FIN4O2. The van der Waals surface area contributed by atoms with Gasteiger partial charge in [0.2, 0.25) is 0 Å². The number of guanidine groups is 1. The highest BCUT2D eigenvalue weighted by Gasteiger charge is 2.21. The van der Waals surface area contributed by atoms with E-state index in [0.29, 0.717) is 19.7 Å². The largest absolute Gasteiger partial charge is 0.379 e. The standard InChI is InChI=1S/C19H29FN4O2.HI/c1-3-21-19(24(2)12-13-26-14-15-8-9-15)23-11-10-22-18(25)16-6-4-5-7-17(16)20;/h4-7,15H,3,8-14H2,1-2H3,(H,21,23)(H,22,25);1H. The van der Waals surface area contributed by atoms with Crippen molar-refractivity contribution in [2.75, 3.05) is 46.4 Å². The highest BCUT2D eigenvalue weighted by atomic mass is 127. The Balaban J connectivity index is 0.00000364. The average Bonchev–Trinajstić information content (AvgIpc) is 3.45. The van der Waals surface area contributed by atoms with Crippen LogP contribution in [0.3, 0.4) is 0 Å². The first kappa shape index (κ1) is 23.6. The third kappa shape index (κ3) is 8.87. The van der Waals surface area contributed by atoms with Gasteiger partial charge >= 0.3 is 0 Å². The number of carbonyl (C=O) groups is 1. The van der Waals surface area contributed by atoms with Crippen LogP contribution in [0, 0.1) is 11.7 Å². The van der Waals surface area contributed by atoms with E-state index in [0.717, 1.165) is 31.6 Å². The minimum atomic E-state index is -0.521. The zero-order valence-corrected chi connectivity index (χ0v) is 18.4. The Labute approximate surface area is 178 Å². The fraction of sp³-hybridized carbons (Fsp3) is 0.579. The summed E-state index contributed by atoms with van der Waals surface area (Å²) in [5.41, 5.74) is 0.0494. The highest BCUT2D eigenvalue weighted by Crippen LogP contribution is 2.28. The van der Waals surface area contributed by atoms with Crippen LogP contribution in [-0.4, -0.2) is 63.2 Å². The number of amides is 1. The third-order valence-electron chi connectivity index (χ3n) is 4.10. The van der Waals surface area contributed by atoms with E-state index in [2.05, 4.69) is 15.6 Å². The summed E-state index contributed by atoms with van der Waals surface area (Å²) < 4.78 is 19.2. The van der Waals surface area contributed by atoms with E-state index < -0.39 is 11.7 Å². The quantitative estimate of drug-likeness (QED) is 0.228. The molecule has 1 aromatic carbocycles. The first-order valence-electron chi connectivity index (χ1n) is 9.21. The Morgan fingerprint density at radius 1 is 1.33 bits per heavy atom. The summed E-state index contributed by atoms with van der Waals surface area (Å²) in [6, 6.07) is 5.94. The molecule has 0 aromatic heterocycles. The molecule has 0 saturated heterocycles. The zero-order chi connectivity index (χ0) is 18.8. The lowest BCUT2D eigenvalue weighted by Crippen LogP contribution is -2.41. The molecule has 0 heterocycles. The number of hydrogen-bond donors (Lipinski definition) is 2. The van der Waals surface area contributed by atoms with Crippen molar-refractivity contribution in [3.8, 4) is 0 Å². The first-order chi connectivity index (χ1) is 12.6. The monoisotopic (exact) mass is 492 g/mol. The molecule has 0 unspecified atom stereocenters. The van der Waals surface area contributed by atoms with Crippen molar-refractivity contribution in [3.05, 3.63) is 35.6 Å². The molecule has 0 radical (unpaired) electrons. The Morgan fingerprint density at radius 3 is 2.74 bits per heavy atom. The summed E-state index contributed by atoms with van der Waals surface area (Å²) in [5.74, 6) is 0.584. The van der Waals surface area contributed by atoms with E-state index in [1.165, 1.54) is 25.0 Å². The van der Waals surface area contributed by atoms with Gasteiger partial charge < -0.3 is 20.3 Å². The predicted octanol–water partition coefficient (Wildman–Crippen LogP) is 2.50. The van der Waals surface area contributed by atoms with Crippen molar-refractivity contribution < 1.29 is 13.9 Å². The molecule has 1 aliphatic carbocycles. The number of carbonyl (C=O) groups excluding carboxylic acids is 1. The van der Waals surface area contributed by atoms with E-state index in [4.69, 9.17) is 4.74 Å². The predicted molar refractivity (Wildman–Crippen MR) is 116 cm³/mol. The molecule has 0 aliphatic heterocycles. The van der Waals surface area contributed by atoms with Gasteiger partial charge in [-0.15, -0.1) is 24.0 Å². The van der Waals surface area contributed by atoms with Crippen LogP contribution in [-0.2, 0) is 4.74 Å². The maximum absolute atomic E-state index is 13.6. The number of halogens is 2. The summed E-state index contributed by atoms with van der Waals surface area (Å²) in [5, 5.41) is 5.91. The smallest absolute Gasteiger partial charge is 0.254 e. The minimum absolute atomic E-state index is 0. The normalized spacial score (nSPS) is 13.7. The van der Waals surface area contributed by atoms with Crippen molar-refractivity contribution in [3.63, 3.8) is 0 Å². The van der Waals surface area contributed by atoms with Gasteiger partial charge in [0.25, 0.3) is 5.91 Å². The number of nitrogens with one attached hydrogen (secondary N) is 2. The molecule has 27 heavy (non-hydrogen) atoms. The Kier molecular flexibility index (Phi) is 11.3. The zero-order valence-electron chi connectivity index (χ0n) is 16.0. The fourth-order valence-corrected chi connectivity index (χ4v) is 2.38. The van der Waals surface area contributed by atoms with Crippen molar-refractivity contribution in [1.82, 2.24) is 15.5 Å². The molecule has 6 nitrogen and oxygen atoms in total. The average molecular weight is 492 g/mol. The number of aliphatic imine (C=N–C) groups is 1. The second-order valence-electron chi connectivity index (χ2n) is 6.41. The van der Waals surface area contributed by atoms with E-state index >= 15 is 0 Å². The molecule has 2 N–H and O–H groups in total. The summed E-state index contributed by atoms with van der Waals surface area (Å²) in [7, 11) is 1.96. The molecule has 2 rings (SSSR count). The number of nitrogens with zero attached hydrogens (tertiary/aromatic N) is 2. The number of rotatable bonds is 10. The van der Waals surface area contributed by atoms with Crippen LogP contribution in [0.25, 0.3) is 0 Å². The van der Waals surface area contributed by atoms with Gasteiger partial charge in [-0.2, -0.15) is 0 Å². The topological polar surface area (TPSA) is 66.0 Å². The van der Waals surface area contributed by atoms with Crippen LogP contribution in [0.5, 0.6) is 0 Å². The summed E-state index contributed by atoms with van der Waals surface area (Å²) >= 11 is 0. The van der Waals surface area contributed by atoms with Gasteiger partial charge in [-0.05, 0) is 37.8 Å². The minimum Gasteiger partial charge on any atom is -0.379 e. The van der Waals surface area contributed by atoms with Crippen LogP contribution in [0.15, 0.2) is 29.3 Å². The summed E-state index contributed by atoms with van der Waals surface area (Å²) in [6.45, 7) is 5.79. The van der Waals surface area contributed by atoms with Gasteiger partial charge in [-0.25, -0.2) is 4.39 Å². The van der Waals surface area contributed by atoms with Crippen LogP contribution < -0.4 is 10.6 Å². The Hall–Kier alpha value is -1.42. The molecule has 1 aromatic rings. The van der Waals surface area contributed by atoms with Crippen molar-refractivity contribution in [2.45, 2.75) is 19.8 Å². The number of likely N-dealkylation sites (N-methyl/N-ethyl adjacent to an activating group) is 1. The van der Waals surface area contributed by atoms with Crippen LogP contribution >= 0.6 is 24.0 Å². The highest BCUT2D eigenvalue weighted by molar-refractivity contribution is 14.0. The second-order valence-corrected chi connectivity index (χ2v) is 6.41. The molecule has 8 heteroatoms. The first-order valence-corrected chi connectivity index (χ1v) is 9.21. The molecule has 152 valence electrons. The third-order valence-corrected chi connectivity index (χ3v) is 4.10. The number of benzene rings is 1. The molecule has 1 aliphatic rings. The van der Waals surface area contributed by atoms with Gasteiger partial charge in [0.1, 0.15) is 5.82 Å².